The summed E-state index contributed by atoms with van der Waals surface area (Å²) in [4.78, 5) is 2.50. The molecular formula is C18H28N2O. The second kappa shape index (κ2) is 7.28. The van der Waals surface area contributed by atoms with Crippen LogP contribution in [-0.2, 0) is 6.54 Å². The lowest BCUT2D eigenvalue weighted by Gasteiger charge is -2.29. The smallest absolute Gasteiger partial charge is 0.0541 e. The number of aliphatic hydroxyl groups excluding tert-OH is 1. The minimum atomic E-state index is -0.0631. The van der Waals surface area contributed by atoms with Gasteiger partial charge < -0.3 is 15.3 Å². The van der Waals surface area contributed by atoms with Crippen molar-refractivity contribution < 1.29 is 5.11 Å². The van der Waals surface area contributed by atoms with Crippen molar-refractivity contribution in [1.29, 1.82) is 0 Å². The topological polar surface area (TPSA) is 35.5 Å². The van der Waals surface area contributed by atoms with E-state index in [9.17, 15) is 5.11 Å². The van der Waals surface area contributed by atoms with E-state index in [0.29, 0.717) is 6.04 Å². The van der Waals surface area contributed by atoms with Crippen LogP contribution >= 0.6 is 0 Å². The zero-order chi connectivity index (χ0) is 14.5. The van der Waals surface area contributed by atoms with Crippen molar-refractivity contribution >= 4 is 5.69 Å². The van der Waals surface area contributed by atoms with Gasteiger partial charge in [-0.1, -0.05) is 12.1 Å². The summed E-state index contributed by atoms with van der Waals surface area (Å²) in [6.45, 7) is 3.37. The fourth-order valence-electron chi connectivity index (χ4n) is 3.52. The first-order valence-corrected chi connectivity index (χ1v) is 8.56. The van der Waals surface area contributed by atoms with Crippen LogP contribution in [-0.4, -0.2) is 30.3 Å². The van der Waals surface area contributed by atoms with Gasteiger partial charge in [0.15, 0.2) is 0 Å². The van der Waals surface area contributed by atoms with Gasteiger partial charge in [-0.3, -0.25) is 0 Å². The first-order valence-electron chi connectivity index (χ1n) is 8.56. The molecule has 2 aliphatic rings. The first-order chi connectivity index (χ1) is 10.3. The van der Waals surface area contributed by atoms with Gasteiger partial charge in [-0.05, 0) is 62.6 Å². The zero-order valence-electron chi connectivity index (χ0n) is 12.9. The Labute approximate surface area is 128 Å². The molecule has 0 unspecified atom stereocenters. The average Bonchev–Trinajstić information content (AvgIpc) is 2.56. The van der Waals surface area contributed by atoms with Gasteiger partial charge in [0, 0.05) is 31.4 Å². The second-order valence-corrected chi connectivity index (χ2v) is 6.60. The van der Waals surface area contributed by atoms with E-state index in [1.807, 2.05) is 0 Å². The minimum Gasteiger partial charge on any atom is -0.393 e. The third-order valence-corrected chi connectivity index (χ3v) is 4.95. The number of benzene rings is 1. The third kappa shape index (κ3) is 4.21. The molecule has 116 valence electrons. The van der Waals surface area contributed by atoms with Crippen LogP contribution in [0.4, 0.5) is 5.69 Å². The number of piperidine rings is 1. The molecule has 0 radical (unpaired) electrons. The van der Waals surface area contributed by atoms with Gasteiger partial charge >= 0.3 is 0 Å². The van der Waals surface area contributed by atoms with Crippen LogP contribution in [0.15, 0.2) is 24.3 Å². The maximum atomic E-state index is 9.53. The summed E-state index contributed by atoms with van der Waals surface area (Å²) in [5.41, 5.74) is 2.74. The van der Waals surface area contributed by atoms with Gasteiger partial charge in [0.2, 0.25) is 0 Å². The highest BCUT2D eigenvalue weighted by atomic mass is 16.3. The fraction of sp³-hybridized carbons (Fsp3) is 0.667. The molecule has 21 heavy (non-hydrogen) atoms. The molecule has 2 fully saturated rings. The van der Waals surface area contributed by atoms with E-state index in [4.69, 9.17) is 0 Å². The number of aliphatic hydroxyl groups is 1. The minimum absolute atomic E-state index is 0.0631. The van der Waals surface area contributed by atoms with Crippen molar-refractivity contribution in [3.8, 4) is 0 Å². The first kappa shape index (κ1) is 14.9. The Morgan fingerprint density at radius 1 is 0.952 bits per heavy atom. The molecule has 1 aliphatic carbocycles. The molecule has 0 spiro atoms. The van der Waals surface area contributed by atoms with Crippen molar-refractivity contribution in [3.63, 3.8) is 0 Å². The molecule has 2 N–H and O–H groups in total. The predicted octanol–water partition coefficient (Wildman–Crippen LogP) is 3.07. The van der Waals surface area contributed by atoms with Gasteiger partial charge in [-0.25, -0.2) is 0 Å². The van der Waals surface area contributed by atoms with Gasteiger partial charge in [0.1, 0.15) is 0 Å². The molecule has 0 atom stereocenters. The van der Waals surface area contributed by atoms with Crippen LogP contribution in [0, 0.1) is 0 Å². The summed E-state index contributed by atoms with van der Waals surface area (Å²) in [6, 6.07) is 9.64. The lowest BCUT2D eigenvalue weighted by Crippen LogP contribution is -2.34. The Kier molecular flexibility index (Phi) is 5.15. The van der Waals surface area contributed by atoms with Gasteiger partial charge in [0.05, 0.1) is 6.10 Å². The molecule has 1 saturated heterocycles. The van der Waals surface area contributed by atoms with Crippen LogP contribution in [0.5, 0.6) is 0 Å². The number of rotatable bonds is 4. The van der Waals surface area contributed by atoms with Gasteiger partial charge in [0.25, 0.3) is 0 Å². The number of anilines is 1. The summed E-state index contributed by atoms with van der Waals surface area (Å²) >= 11 is 0. The van der Waals surface area contributed by atoms with E-state index in [2.05, 4.69) is 34.5 Å². The molecule has 3 heteroatoms. The van der Waals surface area contributed by atoms with E-state index >= 15 is 0 Å². The summed E-state index contributed by atoms with van der Waals surface area (Å²) in [7, 11) is 0. The lowest BCUT2D eigenvalue weighted by molar-refractivity contribution is 0.116. The fourth-order valence-corrected chi connectivity index (χ4v) is 3.52. The highest BCUT2D eigenvalue weighted by Crippen LogP contribution is 2.21. The number of nitrogens with one attached hydrogen (secondary N) is 1. The average molecular weight is 288 g/mol. The van der Waals surface area contributed by atoms with E-state index in [0.717, 1.165) is 32.2 Å². The third-order valence-electron chi connectivity index (χ3n) is 4.95. The molecule has 0 aromatic heterocycles. The number of hydrogen-bond acceptors (Lipinski definition) is 3. The molecular weight excluding hydrogens is 260 g/mol. The van der Waals surface area contributed by atoms with Crippen LogP contribution in [0.2, 0.25) is 0 Å². The lowest BCUT2D eigenvalue weighted by atomic mass is 9.93. The van der Waals surface area contributed by atoms with Gasteiger partial charge in [-0.15, -0.1) is 0 Å². The Balaban J connectivity index is 1.48. The predicted molar refractivity (Wildman–Crippen MR) is 87.6 cm³/mol. The van der Waals surface area contributed by atoms with Crippen LogP contribution in [0.3, 0.4) is 0 Å². The molecule has 1 heterocycles. The molecule has 1 aromatic carbocycles. The van der Waals surface area contributed by atoms with Gasteiger partial charge in [-0.2, -0.15) is 0 Å². The highest BCUT2D eigenvalue weighted by Gasteiger charge is 2.18. The van der Waals surface area contributed by atoms with Crippen LogP contribution < -0.4 is 10.2 Å². The van der Waals surface area contributed by atoms with Crippen LogP contribution in [0.25, 0.3) is 0 Å². The van der Waals surface area contributed by atoms with Crippen molar-refractivity contribution in [2.75, 3.05) is 18.0 Å². The summed E-state index contributed by atoms with van der Waals surface area (Å²) in [6.07, 6.45) is 8.09. The Bertz CT molecular complexity index is 417. The molecule has 0 amide bonds. The van der Waals surface area contributed by atoms with E-state index in [1.165, 1.54) is 43.6 Å². The normalized spacial score (nSPS) is 26.8. The van der Waals surface area contributed by atoms with Crippen LogP contribution in [0.1, 0.15) is 50.5 Å². The summed E-state index contributed by atoms with van der Waals surface area (Å²) in [5, 5.41) is 13.2. The maximum absolute atomic E-state index is 9.53. The van der Waals surface area contributed by atoms with Crippen molar-refractivity contribution in [2.24, 2.45) is 0 Å². The Morgan fingerprint density at radius 2 is 1.62 bits per heavy atom. The summed E-state index contributed by atoms with van der Waals surface area (Å²) in [5.74, 6) is 0. The van der Waals surface area contributed by atoms with Crippen molar-refractivity contribution in [1.82, 2.24) is 5.32 Å². The molecule has 1 saturated carbocycles. The quantitative estimate of drug-likeness (QED) is 0.894. The van der Waals surface area contributed by atoms with E-state index < -0.39 is 0 Å². The monoisotopic (exact) mass is 288 g/mol. The Hall–Kier alpha value is -1.06. The highest BCUT2D eigenvalue weighted by molar-refractivity contribution is 5.47. The maximum Gasteiger partial charge on any atom is 0.0541 e. The molecule has 3 nitrogen and oxygen atoms in total. The van der Waals surface area contributed by atoms with Crippen molar-refractivity contribution in [3.05, 3.63) is 29.8 Å². The summed E-state index contributed by atoms with van der Waals surface area (Å²) < 4.78 is 0. The second-order valence-electron chi connectivity index (χ2n) is 6.60. The van der Waals surface area contributed by atoms with E-state index in [-0.39, 0.29) is 6.10 Å². The SMILES string of the molecule is OC1CCC(NCc2ccc(N3CCCCC3)cc2)CC1. The largest absolute Gasteiger partial charge is 0.393 e. The Morgan fingerprint density at radius 3 is 2.29 bits per heavy atom. The van der Waals surface area contributed by atoms with E-state index in [1.54, 1.807) is 0 Å². The zero-order valence-corrected chi connectivity index (χ0v) is 12.9. The standard InChI is InChI=1S/C18H28N2O/c21-18-10-6-16(7-11-18)19-14-15-4-8-17(9-5-15)20-12-2-1-3-13-20/h4-5,8-9,16,18-19,21H,1-3,6-7,10-14H2. The van der Waals surface area contributed by atoms with Crippen molar-refractivity contribution in [2.45, 2.75) is 63.6 Å². The molecule has 0 bridgehead atoms. The molecule has 1 aromatic rings. The molecule has 3 rings (SSSR count). The number of nitrogens with zero attached hydrogens (tertiary/aromatic N) is 1. The molecule has 1 aliphatic heterocycles. The number of hydrogen-bond donors (Lipinski definition) is 2.